The minimum Gasteiger partial charge on any atom is -0.285 e. The molecule has 0 saturated carbocycles. The molecule has 1 aliphatic rings. The van der Waals surface area contributed by atoms with Crippen LogP contribution < -0.4 is 0 Å². The summed E-state index contributed by atoms with van der Waals surface area (Å²) in [5.41, 5.74) is 2.44. The summed E-state index contributed by atoms with van der Waals surface area (Å²) < 4.78 is 13.1. The zero-order chi connectivity index (χ0) is 20.1. The molecule has 0 unspecified atom stereocenters. The van der Waals surface area contributed by atoms with E-state index in [4.69, 9.17) is 11.6 Å². The van der Waals surface area contributed by atoms with Crippen LogP contribution in [0.2, 0.25) is 5.02 Å². The van der Waals surface area contributed by atoms with Gasteiger partial charge < -0.3 is 0 Å². The number of benzene rings is 2. The largest absolute Gasteiger partial charge is 0.285 e. The minimum absolute atomic E-state index is 0.0202. The van der Waals surface area contributed by atoms with Crippen LogP contribution in [0.3, 0.4) is 0 Å². The fourth-order valence-corrected chi connectivity index (χ4v) is 3.98. The monoisotopic (exact) mass is 415 g/mol. The highest BCUT2D eigenvalue weighted by atomic mass is 35.5. The van der Waals surface area contributed by atoms with Crippen molar-refractivity contribution in [2.24, 2.45) is 10.2 Å². The van der Waals surface area contributed by atoms with E-state index in [0.717, 1.165) is 11.1 Å². The second-order valence-corrected chi connectivity index (χ2v) is 7.86. The van der Waals surface area contributed by atoms with Crippen LogP contribution in [-0.2, 0) is 11.2 Å². The maximum Gasteiger partial charge on any atom is 0.242 e. The molecular weight excluding hydrogens is 397 g/mol. The third kappa shape index (κ3) is 4.88. The van der Waals surface area contributed by atoms with Crippen molar-refractivity contribution in [2.45, 2.75) is 18.6 Å². The van der Waals surface area contributed by atoms with Crippen molar-refractivity contribution in [2.75, 3.05) is 6.54 Å². The van der Waals surface area contributed by atoms with E-state index >= 15 is 0 Å². The number of carbonyl (C=O) groups excluding carboxylic acids is 1. The third-order valence-corrected chi connectivity index (χ3v) is 5.63. The second-order valence-electron chi connectivity index (χ2n) is 6.25. The van der Waals surface area contributed by atoms with E-state index in [2.05, 4.69) is 16.8 Å². The molecule has 0 aromatic heterocycles. The molecule has 1 saturated heterocycles. The number of rotatable bonds is 6. The molecule has 2 aromatic carbocycles. The first-order valence-corrected chi connectivity index (χ1v) is 9.95. The van der Waals surface area contributed by atoms with Crippen molar-refractivity contribution < 1.29 is 9.18 Å². The molecule has 144 valence electrons. The highest BCUT2D eigenvalue weighted by Crippen LogP contribution is 2.30. The van der Waals surface area contributed by atoms with E-state index in [0.29, 0.717) is 28.9 Å². The van der Waals surface area contributed by atoms with Crippen LogP contribution in [0, 0.1) is 5.82 Å². The van der Waals surface area contributed by atoms with Gasteiger partial charge in [-0.1, -0.05) is 53.7 Å². The first kappa shape index (κ1) is 20.3. The number of carbonyl (C=O) groups is 1. The van der Waals surface area contributed by atoms with Gasteiger partial charge in [0.25, 0.3) is 0 Å². The van der Waals surface area contributed by atoms with Gasteiger partial charge in [0.2, 0.25) is 5.91 Å². The quantitative estimate of drug-likeness (QED) is 0.381. The van der Waals surface area contributed by atoms with Crippen molar-refractivity contribution in [3.8, 4) is 0 Å². The van der Waals surface area contributed by atoms with Crippen LogP contribution in [-0.4, -0.2) is 33.5 Å². The van der Waals surface area contributed by atoms with Crippen LogP contribution in [0.25, 0.3) is 0 Å². The Labute approximate surface area is 172 Å². The number of halogens is 2. The van der Waals surface area contributed by atoms with E-state index in [1.54, 1.807) is 30.0 Å². The molecule has 0 aliphatic carbocycles. The number of amidine groups is 1. The maximum absolute atomic E-state index is 13.1. The van der Waals surface area contributed by atoms with Crippen molar-refractivity contribution in [1.82, 2.24) is 4.90 Å². The summed E-state index contributed by atoms with van der Waals surface area (Å²) in [6, 6.07) is 13.5. The van der Waals surface area contributed by atoms with E-state index in [1.807, 2.05) is 24.3 Å². The smallest absolute Gasteiger partial charge is 0.242 e. The number of thioether (sulfide) groups is 1. The normalized spacial score (nSPS) is 18.8. The van der Waals surface area contributed by atoms with Gasteiger partial charge in [-0.15, -0.1) is 11.7 Å². The van der Waals surface area contributed by atoms with Crippen LogP contribution in [0.4, 0.5) is 4.39 Å². The first-order chi connectivity index (χ1) is 13.5. The minimum atomic E-state index is -0.304. The molecular formula is C21H19ClFN3OS. The number of amides is 1. The van der Waals surface area contributed by atoms with Gasteiger partial charge in [-0.25, -0.2) is 4.39 Å². The van der Waals surface area contributed by atoms with E-state index in [1.165, 1.54) is 23.9 Å². The van der Waals surface area contributed by atoms with Crippen molar-refractivity contribution in [3.05, 3.63) is 83.2 Å². The summed E-state index contributed by atoms with van der Waals surface area (Å²) in [4.78, 5) is 14.4. The molecule has 1 atom stereocenters. The van der Waals surface area contributed by atoms with Crippen LogP contribution in [0.5, 0.6) is 0 Å². The Morgan fingerprint density at radius 1 is 1.25 bits per heavy atom. The highest BCUT2D eigenvalue weighted by Gasteiger charge is 2.37. The fourth-order valence-electron chi connectivity index (χ4n) is 2.71. The summed E-state index contributed by atoms with van der Waals surface area (Å²) in [5, 5.41) is 9.45. The van der Waals surface area contributed by atoms with Crippen LogP contribution >= 0.6 is 23.4 Å². The average Bonchev–Trinajstić information content (AvgIpc) is 2.98. The second kappa shape index (κ2) is 9.17. The molecule has 28 heavy (non-hydrogen) atoms. The average molecular weight is 416 g/mol. The first-order valence-electron chi connectivity index (χ1n) is 8.69. The molecule has 2 aromatic rings. The van der Waals surface area contributed by atoms with Crippen LogP contribution in [0.1, 0.15) is 18.1 Å². The molecule has 7 heteroatoms. The zero-order valence-electron chi connectivity index (χ0n) is 15.3. The van der Waals surface area contributed by atoms with Gasteiger partial charge in [-0.3, -0.25) is 9.69 Å². The lowest BCUT2D eigenvalue weighted by atomic mass is 10.1. The third-order valence-electron chi connectivity index (χ3n) is 4.21. The lowest BCUT2D eigenvalue weighted by molar-refractivity contribution is -0.125. The summed E-state index contributed by atoms with van der Waals surface area (Å²) in [6.07, 6.45) is 2.24. The van der Waals surface area contributed by atoms with Gasteiger partial charge >= 0.3 is 0 Å². The van der Waals surface area contributed by atoms with Gasteiger partial charge in [0, 0.05) is 11.6 Å². The Hall–Kier alpha value is -2.44. The van der Waals surface area contributed by atoms with E-state index in [9.17, 15) is 9.18 Å². The SMILES string of the molecule is C=CCN1C(=O)[C@H](Cc2ccc(Cl)cc2)S/C1=N\N=C(\C)c1ccc(F)cc1. The predicted octanol–water partition coefficient (Wildman–Crippen LogP) is 4.93. The zero-order valence-corrected chi connectivity index (χ0v) is 16.9. The molecule has 0 spiro atoms. The lowest BCUT2D eigenvalue weighted by Gasteiger charge is -2.13. The summed E-state index contributed by atoms with van der Waals surface area (Å²) in [5.74, 6) is -0.324. The lowest BCUT2D eigenvalue weighted by Crippen LogP contribution is -2.32. The Bertz CT molecular complexity index is 926. The molecule has 0 N–H and O–H groups in total. The molecule has 0 radical (unpaired) electrons. The number of hydrogen-bond donors (Lipinski definition) is 0. The maximum atomic E-state index is 13.1. The van der Waals surface area contributed by atoms with Crippen molar-refractivity contribution in [1.29, 1.82) is 0 Å². The van der Waals surface area contributed by atoms with Crippen LogP contribution in [0.15, 0.2) is 71.4 Å². The Morgan fingerprint density at radius 2 is 1.93 bits per heavy atom. The predicted molar refractivity (Wildman–Crippen MR) is 114 cm³/mol. The van der Waals surface area contributed by atoms with E-state index < -0.39 is 0 Å². The number of nitrogens with zero attached hydrogens (tertiary/aromatic N) is 3. The molecule has 1 aliphatic heterocycles. The Balaban J connectivity index is 1.80. The summed E-state index contributed by atoms with van der Waals surface area (Å²) in [6.45, 7) is 5.88. The van der Waals surface area contributed by atoms with Gasteiger partial charge in [0.1, 0.15) is 5.82 Å². The molecule has 3 rings (SSSR count). The molecule has 1 amide bonds. The van der Waals surface area contributed by atoms with Crippen molar-refractivity contribution >= 4 is 40.1 Å². The standard InChI is InChI=1S/C21H19ClFN3OS/c1-3-12-26-20(27)19(13-15-4-8-17(22)9-5-15)28-21(26)25-24-14(2)16-6-10-18(23)11-7-16/h3-11,19H,1,12-13H2,2H3/b24-14-,25-21-/t19-/m0/s1. The fraction of sp³-hybridized carbons (Fsp3) is 0.190. The van der Waals surface area contributed by atoms with E-state index in [-0.39, 0.29) is 17.0 Å². The number of hydrogen-bond acceptors (Lipinski definition) is 4. The van der Waals surface area contributed by atoms with Gasteiger partial charge in [0.15, 0.2) is 5.17 Å². The Morgan fingerprint density at radius 3 is 2.57 bits per heavy atom. The molecule has 4 nitrogen and oxygen atoms in total. The summed E-state index contributed by atoms with van der Waals surface area (Å²) >= 11 is 7.31. The molecule has 0 bridgehead atoms. The topological polar surface area (TPSA) is 45.0 Å². The highest BCUT2D eigenvalue weighted by molar-refractivity contribution is 8.15. The van der Waals surface area contributed by atoms with Gasteiger partial charge in [0.05, 0.1) is 11.0 Å². The van der Waals surface area contributed by atoms with Gasteiger partial charge in [-0.2, -0.15) is 5.10 Å². The summed E-state index contributed by atoms with van der Waals surface area (Å²) in [7, 11) is 0. The molecule has 1 heterocycles. The van der Waals surface area contributed by atoms with Crippen molar-refractivity contribution in [3.63, 3.8) is 0 Å². The van der Waals surface area contributed by atoms with Gasteiger partial charge in [-0.05, 0) is 48.7 Å². The molecule has 1 fully saturated rings. The Kier molecular flexibility index (Phi) is 6.65.